The summed E-state index contributed by atoms with van der Waals surface area (Å²) in [5, 5.41) is 10.9. The highest BCUT2D eigenvalue weighted by Crippen LogP contribution is 2.37. The monoisotopic (exact) mass is 305 g/mol. The quantitative estimate of drug-likeness (QED) is 0.460. The molecular formula is C14H15N3OS2. The molecule has 2 aromatic rings. The van der Waals surface area contributed by atoms with Crippen LogP contribution in [0.5, 0.6) is 5.75 Å². The van der Waals surface area contributed by atoms with Gasteiger partial charge in [0.05, 0.1) is 21.4 Å². The molecule has 0 bridgehead atoms. The van der Waals surface area contributed by atoms with Crippen LogP contribution in [0.25, 0.3) is 0 Å². The molecule has 0 saturated heterocycles. The van der Waals surface area contributed by atoms with Crippen molar-refractivity contribution in [1.29, 1.82) is 5.41 Å². The van der Waals surface area contributed by atoms with Crippen molar-refractivity contribution in [2.24, 2.45) is 5.73 Å². The van der Waals surface area contributed by atoms with Crippen LogP contribution < -0.4 is 15.8 Å². The summed E-state index contributed by atoms with van der Waals surface area (Å²) in [6.07, 6.45) is 2.99. The first-order valence-electron chi connectivity index (χ1n) is 6.22. The summed E-state index contributed by atoms with van der Waals surface area (Å²) in [6.45, 7) is 0.766. The van der Waals surface area contributed by atoms with Crippen molar-refractivity contribution < 1.29 is 4.74 Å². The number of nitrogen functional groups attached to an aromatic ring is 1. The lowest BCUT2D eigenvalue weighted by molar-refractivity contribution is 0.357. The zero-order valence-electron chi connectivity index (χ0n) is 11.0. The minimum Gasteiger partial charge on any atom is -0.493 e. The number of amidine groups is 1. The Bertz CT molecular complexity index is 666. The van der Waals surface area contributed by atoms with Gasteiger partial charge >= 0.3 is 0 Å². The summed E-state index contributed by atoms with van der Waals surface area (Å²) >= 11 is 3.20. The molecule has 4 N–H and O–H groups in total. The number of hydrogen-bond acceptors (Lipinski definition) is 5. The second-order valence-electron chi connectivity index (χ2n) is 4.48. The highest BCUT2D eigenvalue weighted by Gasteiger charge is 2.14. The number of nitrogens with two attached hydrogens (primary N) is 1. The van der Waals surface area contributed by atoms with Crippen molar-refractivity contribution in [2.45, 2.75) is 10.6 Å². The van der Waals surface area contributed by atoms with E-state index in [1.165, 1.54) is 16.9 Å². The van der Waals surface area contributed by atoms with Crippen LogP contribution in [0.2, 0.25) is 0 Å². The average molecular weight is 305 g/mol. The lowest BCUT2D eigenvalue weighted by Crippen LogP contribution is -2.08. The summed E-state index contributed by atoms with van der Waals surface area (Å²) in [6, 6.07) is 8.07. The van der Waals surface area contributed by atoms with Gasteiger partial charge in [-0.25, -0.2) is 0 Å². The first-order chi connectivity index (χ1) is 9.67. The van der Waals surface area contributed by atoms with Crippen molar-refractivity contribution in [3.05, 3.63) is 34.7 Å². The molecule has 3 rings (SSSR count). The van der Waals surface area contributed by atoms with E-state index in [0.717, 1.165) is 39.2 Å². The van der Waals surface area contributed by atoms with Crippen molar-refractivity contribution in [3.63, 3.8) is 0 Å². The minimum atomic E-state index is 0.112. The molecule has 1 aliphatic heterocycles. The van der Waals surface area contributed by atoms with E-state index in [9.17, 15) is 0 Å². The van der Waals surface area contributed by atoms with Gasteiger partial charge in [0.25, 0.3) is 0 Å². The van der Waals surface area contributed by atoms with Gasteiger partial charge in [-0.3, -0.25) is 5.41 Å². The van der Waals surface area contributed by atoms with Crippen LogP contribution in [-0.2, 0) is 6.42 Å². The molecule has 1 aromatic heterocycles. The Hall–Kier alpha value is -1.66. The largest absolute Gasteiger partial charge is 0.493 e. The van der Waals surface area contributed by atoms with Crippen LogP contribution in [0, 0.1) is 5.41 Å². The molecule has 0 fully saturated rings. The molecule has 20 heavy (non-hydrogen) atoms. The molecule has 1 aliphatic rings. The predicted octanol–water partition coefficient (Wildman–Crippen LogP) is 3.43. The highest BCUT2D eigenvalue weighted by atomic mass is 32.2. The molecule has 0 unspecified atom stereocenters. The normalized spacial score (nSPS) is 12.8. The van der Waals surface area contributed by atoms with Gasteiger partial charge in [-0.05, 0) is 36.1 Å². The summed E-state index contributed by atoms with van der Waals surface area (Å²) in [4.78, 5) is 0.793. The third kappa shape index (κ3) is 2.48. The van der Waals surface area contributed by atoms with Crippen LogP contribution in [0.1, 0.15) is 10.4 Å². The van der Waals surface area contributed by atoms with Crippen LogP contribution in [-0.4, -0.2) is 18.7 Å². The Labute approximate surface area is 125 Å². The fourth-order valence-corrected chi connectivity index (χ4v) is 3.80. The SMILES string of the molecule is CSc1sc(C(=N)N)cc1Nc1ccc2c(c1)CCO2. The summed E-state index contributed by atoms with van der Waals surface area (Å²) in [7, 11) is 0. The van der Waals surface area contributed by atoms with E-state index in [4.69, 9.17) is 15.9 Å². The number of fused-ring (bicyclic) bond motifs is 1. The fourth-order valence-electron chi connectivity index (χ4n) is 2.17. The number of nitrogens with one attached hydrogen (secondary N) is 2. The van der Waals surface area contributed by atoms with E-state index < -0.39 is 0 Å². The van der Waals surface area contributed by atoms with Gasteiger partial charge in [0, 0.05) is 12.1 Å². The number of rotatable bonds is 4. The third-order valence-corrected chi connectivity index (χ3v) is 5.42. The van der Waals surface area contributed by atoms with Crippen LogP contribution in [0.15, 0.2) is 28.5 Å². The van der Waals surface area contributed by atoms with Crippen molar-refractivity contribution in [3.8, 4) is 5.75 Å². The Morgan fingerprint density at radius 3 is 3.05 bits per heavy atom. The first-order valence-corrected chi connectivity index (χ1v) is 8.26. The smallest absolute Gasteiger partial charge is 0.133 e. The zero-order valence-corrected chi connectivity index (χ0v) is 12.7. The Morgan fingerprint density at radius 1 is 1.45 bits per heavy atom. The maximum Gasteiger partial charge on any atom is 0.133 e. The van der Waals surface area contributed by atoms with E-state index in [1.807, 2.05) is 24.5 Å². The second-order valence-corrected chi connectivity index (χ2v) is 6.60. The van der Waals surface area contributed by atoms with E-state index >= 15 is 0 Å². The van der Waals surface area contributed by atoms with E-state index in [0.29, 0.717) is 0 Å². The first kappa shape index (κ1) is 13.3. The molecule has 1 aromatic carbocycles. The fraction of sp³-hybridized carbons (Fsp3) is 0.214. The van der Waals surface area contributed by atoms with E-state index in [2.05, 4.69) is 11.4 Å². The van der Waals surface area contributed by atoms with Crippen molar-refractivity contribution in [1.82, 2.24) is 0 Å². The summed E-state index contributed by atoms with van der Waals surface area (Å²) in [5.74, 6) is 1.09. The standard InChI is InChI=1S/C14H15N3OS2/c1-19-14-10(7-12(20-14)13(15)16)17-9-2-3-11-8(6-9)4-5-18-11/h2-3,6-7,17H,4-5H2,1H3,(H3,15,16). The van der Waals surface area contributed by atoms with Gasteiger partial charge in [0.15, 0.2) is 0 Å². The second kappa shape index (κ2) is 5.38. The molecule has 0 spiro atoms. The van der Waals surface area contributed by atoms with Gasteiger partial charge in [-0.1, -0.05) is 0 Å². The lowest BCUT2D eigenvalue weighted by Gasteiger charge is -2.07. The van der Waals surface area contributed by atoms with Gasteiger partial charge in [0.1, 0.15) is 11.6 Å². The summed E-state index contributed by atoms with van der Waals surface area (Å²) in [5.41, 5.74) is 8.84. The van der Waals surface area contributed by atoms with Crippen LogP contribution in [0.4, 0.5) is 11.4 Å². The lowest BCUT2D eigenvalue weighted by atomic mass is 10.1. The van der Waals surface area contributed by atoms with Gasteiger partial charge in [-0.2, -0.15) is 0 Å². The number of hydrogen-bond donors (Lipinski definition) is 3. The molecule has 6 heteroatoms. The molecule has 0 saturated carbocycles. The maximum absolute atomic E-state index is 7.54. The van der Waals surface area contributed by atoms with Gasteiger partial charge in [0.2, 0.25) is 0 Å². The number of benzene rings is 1. The molecule has 0 aliphatic carbocycles. The van der Waals surface area contributed by atoms with Crippen molar-refractivity contribution >= 4 is 40.3 Å². The Morgan fingerprint density at radius 2 is 2.30 bits per heavy atom. The molecule has 4 nitrogen and oxygen atoms in total. The van der Waals surface area contributed by atoms with Gasteiger partial charge in [-0.15, -0.1) is 23.1 Å². The third-order valence-electron chi connectivity index (χ3n) is 3.12. The van der Waals surface area contributed by atoms with Crippen LogP contribution >= 0.6 is 23.1 Å². The predicted molar refractivity (Wildman–Crippen MR) is 86.0 cm³/mol. The number of thiophene rings is 1. The Balaban J connectivity index is 1.89. The van der Waals surface area contributed by atoms with E-state index in [-0.39, 0.29) is 5.84 Å². The number of ether oxygens (including phenoxy) is 1. The maximum atomic E-state index is 7.54. The zero-order chi connectivity index (χ0) is 14.1. The molecule has 2 heterocycles. The molecule has 104 valence electrons. The highest BCUT2D eigenvalue weighted by molar-refractivity contribution is 8.00. The van der Waals surface area contributed by atoms with Crippen LogP contribution in [0.3, 0.4) is 0 Å². The molecule has 0 atom stereocenters. The molecule has 0 radical (unpaired) electrons. The minimum absolute atomic E-state index is 0.112. The molecule has 0 amide bonds. The summed E-state index contributed by atoms with van der Waals surface area (Å²) < 4.78 is 6.64. The molecular weight excluding hydrogens is 290 g/mol. The topological polar surface area (TPSA) is 71.1 Å². The van der Waals surface area contributed by atoms with Crippen molar-refractivity contribution in [2.75, 3.05) is 18.2 Å². The Kier molecular flexibility index (Phi) is 3.58. The number of thioether (sulfide) groups is 1. The van der Waals surface area contributed by atoms with Gasteiger partial charge < -0.3 is 15.8 Å². The number of anilines is 2. The van der Waals surface area contributed by atoms with E-state index in [1.54, 1.807) is 11.8 Å². The average Bonchev–Trinajstić information content (AvgIpc) is 3.04.